The van der Waals surface area contributed by atoms with Crippen molar-refractivity contribution < 1.29 is 4.42 Å². The van der Waals surface area contributed by atoms with Gasteiger partial charge in [-0.1, -0.05) is 58.4 Å². The molecule has 3 aromatic rings. The van der Waals surface area contributed by atoms with E-state index in [9.17, 15) is 0 Å². The van der Waals surface area contributed by atoms with E-state index in [4.69, 9.17) is 4.42 Å². The predicted molar refractivity (Wildman–Crippen MR) is 77.3 cm³/mol. The Hall–Kier alpha value is -1.80. The quantitative estimate of drug-likeness (QED) is 0.619. The summed E-state index contributed by atoms with van der Waals surface area (Å²) in [5.41, 5.74) is 2.18. The van der Waals surface area contributed by atoms with Crippen molar-refractivity contribution >= 4 is 15.9 Å². The minimum absolute atomic E-state index is 0.890. The third kappa shape index (κ3) is 2.24. The van der Waals surface area contributed by atoms with Crippen LogP contribution in [0.3, 0.4) is 0 Å². The largest absolute Gasteiger partial charge is 0.456 e. The van der Waals surface area contributed by atoms with Crippen LogP contribution in [0.25, 0.3) is 22.6 Å². The van der Waals surface area contributed by atoms with Gasteiger partial charge in [0.25, 0.3) is 0 Å². The summed E-state index contributed by atoms with van der Waals surface area (Å²) in [6, 6.07) is 22.2. The maximum atomic E-state index is 5.88. The summed E-state index contributed by atoms with van der Waals surface area (Å²) in [6.45, 7) is 0. The normalized spacial score (nSPS) is 10.5. The standard InChI is InChI=1S/C16H11BrO/c17-14-8-6-13(7-9-14)16-11-10-15(18-16)12-4-2-1-3-5-12/h1-11H. The van der Waals surface area contributed by atoms with Gasteiger partial charge in [0, 0.05) is 15.6 Å². The zero-order valence-electron chi connectivity index (χ0n) is 9.64. The van der Waals surface area contributed by atoms with Crippen LogP contribution >= 0.6 is 15.9 Å². The Kier molecular flexibility index (Phi) is 3.03. The smallest absolute Gasteiger partial charge is 0.134 e. The summed E-state index contributed by atoms with van der Waals surface area (Å²) in [5.74, 6) is 1.79. The lowest BCUT2D eigenvalue weighted by Crippen LogP contribution is -1.73. The van der Waals surface area contributed by atoms with E-state index in [2.05, 4.69) is 15.9 Å². The maximum absolute atomic E-state index is 5.88. The van der Waals surface area contributed by atoms with E-state index in [1.807, 2.05) is 66.7 Å². The summed E-state index contributed by atoms with van der Waals surface area (Å²) in [5, 5.41) is 0. The molecule has 3 rings (SSSR count). The first-order valence-electron chi connectivity index (χ1n) is 5.74. The van der Waals surface area contributed by atoms with E-state index >= 15 is 0 Å². The van der Waals surface area contributed by atoms with Crippen molar-refractivity contribution in [1.29, 1.82) is 0 Å². The Morgan fingerprint density at radius 2 is 1.17 bits per heavy atom. The first-order chi connectivity index (χ1) is 8.83. The SMILES string of the molecule is Brc1ccc(-c2ccc(-c3ccccc3)o2)cc1. The summed E-state index contributed by atoms with van der Waals surface area (Å²) in [4.78, 5) is 0. The van der Waals surface area contributed by atoms with Gasteiger partial charge in [0.05, 0.1) is 0 Å². The van der Waals surface area contributed by atoms with Crippen molar-refractivity contribution in [2.75, 3.05) is 0 Å². The molecule has 1 heterocycles. The van der Waals surface area contributed by atoms with Crippen LogP contribution in [0.4, 0.5) is 0 Å². The molecule has 1 nitrogen and oxygen atoms in total. The predicted octanol–water partition coefficient (Wildman–Crippen LogP) is 5.38. The van der Waals surface area contributed by atoms with Gasteiger partial charge in [-0.25, -0.2) is 0 Å². The van der Waals surface area contributed by atoms with Gasteiger partial charge in [-0.05, 0) is 24.3 Å². The van der Waals surface area contributed by atoms with Gasteiger partial charge in [-0.15, -0.1) is 0 Å². The fourth-order valence-corrected chi connectivity index (χ4v) is 2.13. The fourth-order valence-electron chi connectivity index (χ4n) is 1.86. The fraction of sp³-hybridized carbons (Fsp3) is 0. The Morgan fingerprint density at radius 1 is 0.611 bits per heavy atom. The number of furan rings is 1. The summed E-state index contributed by atoms with van der Waals surface area (Å²) in [6.07, 6.45) is 0. The average Bonchev–Trinajstić information content (AvgIpc) is 2.90. The van der Waals surface area contributed by atoms with Gasteiger partial charge >= 0.3 is 0 Å². The molecule has 0 aliphatic carbocycles. The number of halogens is 1. The second-order valence-corrected chi connectivity index (χ2v) is 4.95. The lowest BCUT2D eigenvalue weighted by Gasteiger charge is -1.98. The zero-order valence-corrected chi connectivity index (χ0v) is 11.2. The molecule has 2 heteroatoms. The van der Waals surface area contributed by atoms with Gasteiger partial charge < -0.3 is 4.42 Å². The molecule has 2 aromatic carbocycles. The molecular formula is C16H11BrO. The Morgan fingerprint density at radius 3 is 1.78 bits per heavy atom. The van der Waals surface area contributed by atoms with Crippen molar-refractivity contribution in [1.82, 2.24) is 0 Å². The summed E-state index contributed by atoms with van der Waals surface area (Å²) >= 11 is 3.43. The molecule has 0 radical (unpaired) electrons. The molecule has 0 saturated carbocycles. The van der Waals surface area contributed by atoms with E-state index in [1.165, 1.54) is 0 Å². The molecule has 88 valence electrons. The molecule has 0 unspecified atom stereocenters. The first kappa shape index (κ1) is 11.3. The molecule has 18 heavy (non-hydrogen) atoms. The lowest BCUT2D eigenvalue weighted by atomic mass is 10.2. The number of rotatable bonds is 2. The molecular weight excluding hydrogens is 288 g/mol. The highest BCUT2D eigenvalue weighted by atomic mass is 79.9. The van der Waals surface area contributed by atoms with Crippen LogP contribution in [-0.2, 0) is 0 Å². The molecule has 0 amide bonds. The van der Waals surface area contributed by atoms with Gasteiger partial charge in [0.15, 0.2) is 0 Å². The molecule has 0 saturated heterocycles. The molecule has 0 aliphatic rings. The number of hydrogen-bond donors (Lipinski definition) is 0. The summed E-state index contributed by atoms with van der Waals surface area (Å²) in [7, 11) is 0. The van der Waals surface area contributed by atoms with Crippen LogP contribution in [0.15, 0.2) is 75.6 Å². The molecule has 0 N–H and O–H groups in total. The minimum Gasteiger partial charge on any atom is -0.456 e. The van der Waals surface area contributed by atoms with Crippen LogP contribution in [0.2, 0.25) is 0 Å². The van der Waals surface area contributed by atoms with Gasteiger partial charge in [-0.2, -0.15) is 0 Å². The van der Waals surface area contributed by atoms with Crippen LogP contribution < -0.4 is 0 Å². The van der Waals surface area contributed by atoms with E-state index in [-0.39, 0.29) is 0 Å². The van der Waals surface area contributed by atoms with E-state index in [0.717, 1.165) is 27.1 Å². The van der Waals surface area contributed by atoms with E-state index < -0.39 is 0 Å². The minimum atomic E-state index is 0.890. The average molecular weight is 299 g/mol. The highest BCUT2D eigenvalue weighted by Gasteiger charge is 2.05. The van der Waals surface area contributed by atoms with Crippen molar-refractivity contribution in [3.8, 4) is 22.6 Å². The second-order valence-electron chi connectivity index (χ2n) is 4.04. The van der Waals surface area contributed by atoms with E-state index in [0.29, 0.717) is 0 Å². The van der Waals surface area contributed by atoms with Gasteiger partial charge in [0.2, 0.25) is 0 Å². The van der Waals surface area contributed by atoms with Crippen molar-refractivity contribution in [2.24, 2.45) is 0 Å². The Balaban J connectivity index is 1.97. The van der Waals surface area contributed by atoms with Crippen LogP contribution in [-0.4, -0.2) is 0 Å². The van der Waals surface area contributed by atoms with Crippen molar-refractivity contribution in [2.45, 2.75) is 0 Å². The van der Waals surface area contributed by atoms with Crippen LogP contribution in [0, 0.1) is 0 Å². The monoisotopic (exact) mass is 298 g/mol. The zero-order chi connectivity index (χ0) is 12.4. The second kappa shape index (κ2) is 4.83. The molecule has 0 fully saturated rings. The van der Waals surface area contributed by atoms with Crippen LogP contribution in [0.5, 0.6) is 0 Å². The van der Waals surface area contributed by atoms with Crippen molar-refractivity contribution in [3.63, 3.8) is 0 Å². The van der Waals surface area contributed by atoms with Gasteiger partial charge in [0.1, 0.15) is 11.5 Å². The molecule has 0 spiro atoms. The first-order valence-corrected chi connectivity index (χ1v) is 6.53. The number of benzene rings is 2. The molecule has 1 aromatic heterocycles. The maximum Gasteiger partial charge on any atom is 0.134 e. The third-order valence-electron chi connectivity index (χ3n) is 2.79. The van der Waals surface area contributed by atoms with Gasteiger partial charge in [-0.3, -0.25) is 0 Å². The Bertz CT molecular complexity index is 638. The molecule has 0 atom stereocenters. The highest BCUT2D eigenvalue weighted by Crippen LogP contribution is 2.28. The lowest BCUT2D eigenvalue weighted by molar-refractivity contribution is 0.597. The van der Waals surface area contributed by atoms with E-state index in [1.54, 1.807) is 0 Å². The Labute approximate surface area is 114 Å². The van der Waals surface area contributed by atoms with Crippen molar-refractivity contribution in [3.05, 3.63) is 71.2 Å². The molecule has 0 aliphatic heterocycles. The topological polar surface area (TPSA) is 13.1 Å². The molecule has 0 bridgehead atoms. The van der Waals surface area contributed by atoms with Crippen LogP contribution in [0.1, 0.15) is 0 Å². The highest BCUT2D eigenvalue weighted by molar-refractivity contribution is 9.10. The number of hydrogen-bond acceptors (Lipinski definition) is 1. The summed E-state index contributed by atoms with van der Waals surface area (Å²) < 4.78 is 6.95. The third-order valence-corrected chi connectivity index (χ3v) is 3.32.